The number of unbranched alkanes of at least 4 members (excludes halogenated alkanes) is 1. The van der Waals surface area contributed by atoms with E-state index in [0.717, 1.165) is 40.6 Å². The van der Waals surface area contributed by atoms with E-state index < -0.39 is 0 Å². The van der Waals surface area contributed by atoms with Crippen molar-refractivity contribution in [2.45, 2.75) is 32.7 Å². The van der Waals surface area contributed by atoms with Gasteiger partial charge in [0, 0.05) is 36.2 Å². The molecule has 0 unspecified atom stereocenters. The summed E-state index contributed by atoms with van der Waals surface area (Å²) in [6.07, 6.45) is 5.78. The second-order valence-electron chi connectivity index (χ2n) is 7.20. The molecule has 3 aromatic rings. The van der Waals surface area contributed by atoms with Crippen LogP contribution in [0.2, 0.25) is 0 Å². The Bertz CT molecular complexity index is 1210. The van der Waals surface area contributed by atoms with E-state index in [2.05, 4.69) is 17.6 Å². The Morgan fingerprint density at radius 3 is 2.87 bits per heavy atom. The van der Waals surface area contributed by atoms with Gasteiger partial charge < -0.3 is 19.1 Å². The topological polar surface area (TPSA) is 84.5 Å². The number of Topliss-reactive ketones (excluding diaryl/α,β-unsaturated/α-hetero) is 1. The summed E-state index contributed by atoms with van der Waals surface area (Å²) < 4.78 is 13.4. The van der Waals surface area contributed by atoms with E-state index in [-0.39, 0.29) is 17.3 Å². The second kappa shape index (κ2) is 7.96. The number of nitrogens with zero attached hydrogens (tertiary/aromatic N) is 2. The van der Waals surface area contributed by atoms with Crippen LogP contribution in [-0.4, -0.2) is 22.6 Å². The number of aromatic hydroxyl groups is 1. The van der Waals surface area contributed by atoms with Crippen LogP contribution < -0.4 is 9.47 Å². The van der Waals surface area contributed by atoms with Gasteiger partial charge in [0.25, 0.3) is 0 Å². The summed E-state index contributed by atoms with van der Waals surface area (Å²) in [5, 5.41) is 19.5. The number of ketones is 1. The number of carbonyl (C=O) groups excluding carboxylic acids is 1. The first kappa shape index (κ1) is 19.6. The zero-order valence-electron chi connectivity index (χ0n) is 16.9. The number of carbonyl (C=O) groups is 1. The van der Waals surface area contributed by atoms with Gasteiger partial charge in [0.05, 0.1) is 24.3 Å². The van der Waals surface area contributed by atoms with Gasteiger partial charge >= 0.3 is 0 Å². The standard InChI is InChI=1S/C24H22N2O4/c1-3-15-10-18(29-2)13-20-16(14-26(23(15)20)9-5-4-8-25)11-22-24(28)19-7-6-17(27)12-21(19)30-22/h6-7,10-14,27H,3-5,9H2,1-2H3/b22-11-. The highest BCUT2D eigenvalue weighted by Crippen LogP contribution is 2.36. The third-order valence-electron chi connectivity index (χ3n) is 5.30. The molecule has 2 aromatic carbocycles. The van der Waals surface area contributed by atoms with Gasteiger partial charge in [-0.05, 0) is 48.7 Å². The van der Waals surface area contributed by atoms with Gasteiger partial charge in [0.1, 0.15) is 17.2 Å². The van der Waals surface area contributed by atoms with E-state index in [1.54, 1.807) is 19.3 Å². The van der Waals surface area contributed by atoms with Gasteiger partial charge in [0.2, 0.25) is 5.78 Å². The molecule has 0 atom stereocenters. The summed E-state index contributed by atoms with van der Waals surface area (Å²) in [6.45, 7) is 2.79. The summed E-state index contributed by atoms with van der Waals surface area (Å²) >= 11 is 0. The number of hydrogen-bond acceptors (Lipinski definition) is 5. The number of nitriles is 1. The summed E-state index contributed by atoms with van der Waals surface area (Å²) in [5.41, 5.74) is 3.49. The van der Waals surface area contributed by atoms with Crippen LogP contribution in [0.5, 0.6) is 17.2 Å². The lowest BCUT2D eigenvalue weighted by molar-refractivity contribution is 0.101. The van der Waals surface area contributed by atoms with Crippen LogP contribution >= 0.6 is 0 Å². The van der Waals surface area contributed by atoms with Crippen LogP contribution in [-0.2, 0) is 13.0 Å². The molecule has 152 valence electrons. The van der Waals surface area contributed by atoms with Crippen LogP contribution in [0.1, 0.15) is 41.3 Å². The Morgan fingerprint density at radius 2 is 2.13 bits per heavy atom. The molecule has 1 aromatic heterocycles. The van der Waals surface area contributed by atoms with Gasteiger partial charge in [0.15, 0.2) is 5.76 Å². The minimum Gasteiger partial charge on any atom is -0.508 e. The molecule has 2 heterocycles. The SMILES string of the molecule is CCc1cc(OC)cc2c(/C=C3\Oc4cc(O)ccc4C3=O)cn(CCCC#N)c12. The van der Waals surface area contributed by atoms with Crippen LogP contribution in [0.4, 0.5) is 0 Å². The highest BCUT2D eigenvalue weighted by molar-refractivity contribution is 6.15. The molecular formula is C24H22N2O4. The maximum Gasteiger partial charge on any atom is 0.231 e. The summed E-state index contributed by atoms with van der Waals surface area (Å²) in [5.74, 6) is 1.16. The number of phenolic OH excluding ortho intramolecular Hbond substituents is 1. The fraction of sp³-hybridized carbons (Fsp3) is 0.250. The molecule has 6 nitrogen and oxygen atoms in total. The zero-order valence-corrected chi connectivity index (χ0v) is 16.9. The molecule has 0 fully saturated rings. The lowest BCUT2D eigenvalue weighted by atomic mass is 10.0. The molecule has 0 saturated heterocycles. The second-order valence-corrected chi connectivity index (χ2v) is 7.20. The molecule has 0 bridgehead atoms. The Labute approximate surface area is 174 Å². The number of rotatable bonds is 6. The first-order chi connectivity index (χ1) is 14.5. The number of aryl methyl sites for hydroxylation is 2. The minimum atomic E-state index is -0.214. The van der Waals surface area contributed by atoms with Crippen molar-refractivity contribution in [3.8, 4) is 23.3 Å². The molecule has 4 rings (SSSR count). The van der Waals surface area contributed by atoms with Crippen molar-refractivity contribution in [3.05, 3.63) is 59.0 Å². The number of hydrogen-bond donors (Lipinski definition) is 1. The van der Waals surface area contributed by atoms with E-state index in [4.69, 9.17) is 14.7 Å². The average molecular weight is 402 g/mol. The predicted molar refractivity (Wildman–Crippen MR) is 114 cm³/mol. The maximum absolute atomic E-state index is 12.8. The summed E-state index contributed by atoms with van der Waals surface area (Å²) in [6, 6.07) is 10.7. The van der Waals surface area contributed by atoms with Crippen LogP contribution in [0, 0.1) is 11.3 Å². The van der Waals surface area contributed by atoms with Crippen molar-refractivity contribution in [1.29, 1.82) is 5.26 Å². The lowest BCUT2D eigenvalue weighted by Crippen LogP contribution is -1.99. The Morgan fingerprint density at radius 1 is 1.30 bits per heavy atom. The highest BCUT2D eigenvalue weighted by atomic mass is 16.5. The highest BCUT2D eigenvalue weighted by Gasteiger charge is 2.28. The summed E-state index contributed by atoms with van der Waals surface area (Å²) in [7, 11) is 1.63. The van der Waals surface area contributed by atoms with Crippen molar-refractivity contribution in [3.63, 3.8) is 0 Å². The average Bonchev–Trinajstić information content (AvgIpc) is 3.25. The monoisotopic (exact) mass is 402 g/mol. The van der Waals surface area contributed by atoms with Gasteiger partial charge in [-0.25, -0.2) is 0 Å². The summed E-state index contributed by atoms with van der Waals surface area (Å²) in [4.78, 5) is 12.8. The minimum absolute atomic E-state index is 0.0502. The molecule has 1 N–H and O–H groups in total. The molecule has 0 spiro atoms. The van der Waals surface area contributed by atoms with Gasteiger partial charge in [-0.2, -0.15) is 5.26 Å². The maximum atomic E-state index is 12.8. The smallest absolute Gasteiger partial charge is 0.231 e. The molecule has 1 aliphatic heterocycles. The number of benzene rings is 2. The number of phenols is 1. The van der Waals surface area contributed by atoms with Crippen molar-refractivity contribution >= 4 is 22.8 Å². The zero-order chi connectivity index (χ0) is 21.3. The van der Waals surface area contributed by atoms with Crippen molar-refractivity contribution in [1.82, 2.24) is 4.57 Å². The fourth-order valence-electron chi connectivity index (χ4n) is 3.85. The van der Waals surface area contributed by atoms with Crippen molar-refractivity contribution in [2.75, 3.05) is 7.11 Å². The largest absolute Gasteiger partial charge is 0.508 e. The van der Waals surface area contributed by atoms with E-state index in [9.17, 15) is 9.90 Å². The normalized spacial score (nSPS) is 14.0. The van der Waals surface area contributed by atoms with E-state index >= 15 is 0 Å². The molecule has 0 aliphatic carbocycles. The molecular weight excluding hydrogens is 380 g/mol. The predicted octanol–water partition coefficient (Wildman–Crippen LogP) is 4.84. The first-order valence-corrected chi connectivity index (χ1v) is 9.89. The number of fused-ring (bicyclic) bond motifs is 2. The van der Waals surface area contributed by atoms with Crippen molar-refractivity contribution in [2.24, 2.45) is 0 Å². The molecule has 1 aliphatic rings. The number of allylic oxidation sites excluding steroid dienone is 1. The van der Waals surface area contributed by atoms with Gasteiger partial charge in [-0.3, -0.25) is 4.79 Å². The first-order valence-electron chi connectivity index (χ1n) is 9.89. The van der Waals surface area contributed by atoms with Crippen LogP contribution in [0.15, 0.2) is 42.3 Å². The number of aromatic nitrogens is 1. The van der Waals surface area contributed by atoms with Gasteiger partial charge in [-0.15, -0.1) is 0 Å². The van der Waals surface area contributed by atoms with Crippen molar-refractivity contribution < 1.29 is 19.4 Å². The van der Waals surface area contributed by atoms with E-state index in [1.165, 1.54) is 12.1 Å². The molecule has 0 radical (unpaired) electrons. The lowest BCUT2D eigenvalue weighted by Gasteiger charge is -2.10. The quantitative estimate of drug-likeness (QED) is 0.471. The van der Waals surface area contributed by atoms with Crippen LogP contribution in [0.25, 0.3) is 17.0 Å². The van der Waals surface area contributed by atoms with E-state index in [0.29, 0.717) is 24.3 Å². The third kappa shape index (κ3) is 3.39. The fourth-order valence-corrected chi connectivity index (χ4v) is 3.85. The van der Waals surface area contributed by atoms with Crippen LogP contribution in [0.3, 0.4) is 0 Å². The Balaban J connectivity index is 1.83. The Hall–Kier alpha value is -3.72. The van der Waals surface area contributed by atoms with E-state index in [1.807, 2.05) is 18.3 Å². The van der Waals surface area contributed by atoms with Gasteiger partial charge in [-0.1, -0.05) is 6.92 Å². The number of methoxy groups -OCH3 is 1. The number of ether oxygens (including phenoxy) is 2. The third-order valence-corrected chi connectivity index (χ3v) is 5.30. The Kier molecular flexibility index (Phi) is 5.20. The molecule has 0 amide bonds. The molecule has 6 heteroatoms. The molecule has 0 saturated carbocycles. The molecule has 30 heavy (non-hydrogen) atoms.